The molecule has 0 atom stereocenters. The minimum Gasteiger partial charge on any atom is -0.320 e. The van der Waals surface area contributed by atoms with E-state index in [-0.39, 0.29) is 19.9 Å². The minimum absolute atomic E-state index is 0.108. The van der Waals surface area contributed by atoms with E-state index in [2.05, 4.69) is 5.32 Å². The molecule has 1 N–H and O–H groups in total. The van der Waals surface area contributed by atoms with Gasteiger partial charge in [-0.3, -0.25) is 14.9 Å². The van der Waals surface area contributed by atoms with Crippen molar-refractivity contribution in [1.29, 1.82) is 0 Å². The highest BCUT2D eigenvalue weighted by Crippen LogP contribution is 2.36. The number of benzene rings is 1. The molecule has 5 nitrogen and oxygen atoms in total. The largest absolute Gasteiger partial charge is 0.416 e. The van der Waals surface area contributed by atoms with Crippen LogP contribution in [0.5, 0.6) is 0 Å². The first-order chi connectivity index (χ1) is 10.6. The molecule has 2 rings (SSSR count). The number of hydrogen-bond acceptors (Lipinski definition) is 4. The summed E-state index contributed by atoms with van der Waals surface area (Å²) in [5.41, 5.74) is -1.72. The predicted octanol–water partition coefficient (Wildman–Crippen LogP) is 5.23. The van der Waals surface area contributed by atoms with Gasteiger partial charge in [-0.15, -0.1) is 11.3 Å². The molecule has 1 heterocycles. The lowest BCUT2D eigenvalue weighted by atomic mass is 10.2. The summed E-state index contributed by atoms with van der Waals surface area (Å²) in [6.45, 7) is 0. The first kappa shape index (κ1) is 17.5. The first-order valence-electron chi connectivity index (χ1n) is 5.71. The van der Waals surface area contributed by atoms with Gasteiger partial charge in [-0.1, -0.05) is 23.2 Å². The summed E-state index contributed by atoms with van der Waals surface area (Å²) >= 11 is 12.0. The number of anilines is 1. The minimum atomic E-state index is -4.60. The lowest BCUT2D eigenvalue weighted by Crippen LogP contribution is -2.12. The molecule has 0 fully saturated rings. The Bertz CT molecular complexity index is 792. The quantitative estimate of drug-likeness (QED) is 0.581. The van der Waals surface area contributed by atoms with Gasteiger partial charge in [-0.2, -0.15) is 13.2 Å². The zero-order chi connectivity index (χ0) is 17.4. The molecule has 0 saturated carbocycles. The molecule has 1 amide bonds. The highest BCUT2D eigenvalue weighted by Gasteiger charge is 2.31. The number of carbonyl (C=O) groups is 1. The number of nitrogens with zero attached hydrogens (tertiary/aromatic N) is 1. The van der Waals surface area contributed by atoms with E-state index in [1.807, 2.05) is 0 Å². The third kappa shape index (κ3) is 3.92. The van der Waals surface area contributed by atoms with Crippen LogP contribution in [0.25, 0.3) is 0 Å². The average molecular weight is 385 g/mol. The molecule has 0 aliphatic heterocycles. The van der Waals surface area contributed by atoms with Crippen LogP contribution in [0.4, 0.5) is 24.5 Å². The van der Waals surface area contributed by atoms with Crippen LogP contribution in [-0.4, -0.2) is 10.8 Å². The number of nitrogens with one attached hydrogen (secondary N) is 1. The summed E-state index contributed by atoms with van der Waals surface area (Å²) in [6.07, 6.45) is -4.60. The second kappa shape index (κ2) is 6.34. The maximum atomic E-state index is 12.7. The van der Waals surface area contributed by atoms with Gasteiger partial charge in [-0.25, -0.2) is 0 Å². The van der Waals surface area contributed by atoms with Crippen molar-refractivity contribution in [3.05, 3.63) is 54.2 Å². The number of alkyl halides is 3. The number of rotatable bonds is 3. The van der Waals surface area contributed by atoms with Crippen molar-refractivity contribution >= 4 is 51.8 Å². The van der Waals surface area contributed by atoms with Crippen LogP contribution in [0.1, 0.15) is 15.2 Å². The van der Waals surface area contributed by atoms with Gasteiger partial charge in [-0.05, 0) is 18.2 Å². The van der Waals surface area contributed by atoms with Gasteiger partial charge >= 0.3 is 6.18 Å². The van der Waals surface area contributed by atoms with Crippen molar-refractivity contribution in [2.24, 2.45) is 0 Å². The molecule has 0 spiro atoms. The number of thiophene rings is 1. The summed E-state index contributed by atoms with van der Waals surface area (Å²) in [5, 5.41) is 12.7. The van der Waals surface area contributed by atoms with E-state index >= 15 is 0 Å². The maximum Gasteiger partial charge on any atom is 0.416 e. The van der Waals surface area contributed by atoms with Crippen molar-refractivity contribution < 1.29 is 22.9 Å². The van der Waals surface area contributed by atoms with Crippen LogP contribution in [0.15, 0.2) is 24.3 Å². The zero-order valence-corrected chi connectivity index (χ0v) is 13.1. The molecular formula is C12H5Cl2F3N2O3S. The molecule has 1 aromatic heterocycles. The highest BCUT2D eigenvalue weighted by atomic mass is 35.5. The molecule has 0 bridgehead atoms. The highest BCUT2D eigenvalue weighted by molar-refractivity contribution is 7.18. The molecule has 0 aliphatic carbocycles. The molecule has 0 unspecified atom stereocenters. The molecular weight excluding hydrogens is 380 g/mol. The van der Waals surface area contributed by atoms with Crippen LogP contribution in [0.2, 0.25) is 9.36 Å². The number of carbonyl (C=O) groups excluding carboxylic acids is 1. The van der Waals surface area contributed by atoms with Crippen LogP contribution in [0, 0.1) is 10.1 Å². The molecule has 0 radical (unpaired) electrons. The van der Waals surface area contributed by atoms with Crippen molar-refractivity contribution in [3.63, 3.8) is 0 Å². The van der Waals surface area contributed by atoms with Gasteiger partial charge < -0.3 is 5.32 Å². The monoisotopic (exact) mass is 384 g/mol. The fourth-order valence-electron chi connectivity index (χ4n) is 1.58. The van der Waals surface area contributed by atoms with E-state index in [1.165, 1.54) is 0 Å². The number of nitro groups is 1. The van der Waals surface area contributed by atoms with Crippen LogP contribution < -0.4 is 5.32 Å². The van der Waals surface area contributed by atoms with Crippen LogP contribution >= 0.6 is 34.5 Å². The van der Waals surface area contributed by atoms with Gasteiger partial charge in [0.05, 0.1) is 21.2 Å². The van der Waals surface area contributed by atoms with Crippen molar-refractivity contribution in [2.45, 2.75) is 6.18 Å². The molecule has 0 saturated heterocycles. The van der Waals surface area contributed by atoms with E-state index in [9.17, 15) is 28.1 Å². The second-order valence-electron chi connectivity index (χ2n) is 4.17. The predicted molar refractivity (Wildman–Crippen MR) is 80.4 cm³/mol. The Morgan fingerprint density at radius 2 is 1.91 bits per heavy atom. The number of halogens is 5. The van der Waals surface area contributed by atoms with Crippen molar-refractivity contribution in [2.75, 3.05) is 5.32 Å². The Hall–Kier alpha value is -1.84. The Morgan fingerprint density at radius 1 is 1.26 bits per heavy atom. The van der Waals surface area contributed by atoms with Crippen LogP contribution in [-0.2, 0) is 6.18 Å². The molecule has 2 aromatic rings. The third-order valence-corrected chi connectivity index (χ3v) is 4.30. The van der Waals surface area contributed by atoms with Crippen LogP contribution in [0.3, 0.4) is 0 Å². The summed E-state index contributed by atoms with van der Waals surface area (Å²) in [7, 11) is 0. The lowest BCUT2D eigenvalue weighted by molar-refractivity contribution is -0.384. The Kier molecular flexibility index (Phi) is 4.83. The van der Waals surface area contributed by atoms with E-state index in [0.717, 1.165) is 18.2 Å². The number of hydrogen-bond donors (Lipinski definition) is 1. The van der Waals surface area contributed by atoms with Crippen molar-refractivity contribution in [3.8, 4) is 0 Å². The Morgan fingerprint density at radius 3 is 2.43 bits per heavy atom. The zero-order valence-electron chi connectivity index (χ0n) is 10.8. The van der Waals surface area contributed by atoms with E-state index in [4.69, 9.17) is 23.2 Å². The lowest BCUT2D eigenvalue weighted by Gasteiger charge is -2.11. The van der Waals surface area contributed by atoms with Gasteiger partial charge in [0.1, 0.15) is 4.88 Å². The second-order valence-corrected chi connectivity index (χ2v) is 6.23. The molecule has 122 valence electrons. The van der Waals surface area contributed by atoms with Gasteiger partial charge in [0, 0.05) is 6.07 Å². The molecule has 11 heteroatoms. The average Bonchev–Trinajstić information content (AvgIpc) is 2.82. The third-order valence-electron chi connectivity index (χ3n) is 2.63. The van der Waals surface area contributed by atoms with Gasteiger partial charge in [0.2, 0.25) is 0 Å². The fourth-order valence-corrected chi connectivity index (χ4v) is 2.86. The standard InChI is InChI=1S/C12H5Cl2F3N2O3S/c13-6-2-1-5(12(15,16)17)3-7(6)18-11(20)9-4-8(19(21)22)10(14)23-9/h1-4H,(H,18,20). The summed E-state index contributed by atoms with van der Waals surface area (Å²) in [6, 6.07) is 3.36. The smallest absolute Gasteiger partial charge is 0.320 e. The normalized spacial score (nSPS) is 11.3. The molecule has 1 aromatic carbocycles. The van der Waals surface area contributed by atoms with Crippen molar-refractivity contribution in [1.82, 2.24) is 0 Å². The maximum absolute atomic E-state index is 12.7. The summed E-state index contributed by atoms with van der Waals surface area (Å²) < 4.78 is 37.8. The molecule has 0 aliphatic rings. The fraction of sp³-hybridized carbons (Fsp3) is 0.0833. The molecule has 23 heavy (non-hydrogen) atoms. The summed E-state index contributed by atoms with van der Waals surface area (Å²) in [5.74, 6) is -0.855. The Balaban J connectivity index is 2.30. The first-order valence-corrected chi connectivity index (χ1v) is 7.28. The SMILES string of the molecule is O=C(Nc1cc(C(F)(F)F)ccc1Cl)c1cc([N+](=O)[O-])c(Cl)s1. The summed E-state index contributed by atoms with van der Waals surface area (Å²) in [4.78, 5) is 21.8. The Labute approximate surface area is 140 Å². The van der Waals surface area contributed by atoms with E-state index < -0.39 is 28.3 Å². The number of amides is 1. The van der Waals surface area contributed by atoms with E-state index in [1.54, 1.807) is 0 Å². The van der Waals surface area contributed by atoms with Gasteiger partial charge in [0.15, 0.2) is 4.34 Å². The van der Waals surface area contributed by atoms with Gasteiger partial charge in [0.25, 0.3) is 11.6 Å². The topological polar surface area (TPSA) is 72.2 Å². The van der Waals surface area contributed by atoms with E-state index in [0.29, 0.717) is 17.4 Å².